The number of benzene rings is 2. The fourth-order valence-electron chi connectivity index (χ4n) is 4.07. The third kappa shape index (κ3) is 4.59. The highest BCUT2D eigenvalue weighted by Gasteiger charge is 2.51. The second-order valence-corrected chi connectivity index (χ2v) is 9.09. The number of thioether (sulfide) groups is 1. The first kappa shape index (κ1) is 23.2. The van der Waals surface area contributed by atoms with Crippen LogP contribution in [0.4, 0.5) is 9.18 Å². The lowest BCUT2D eigenvalue weighted by Gasteiger charge is -2.50. The minimum Gasteiger partial charge on any atom is -0.497 e. The molecule has 2 heterocycles. The standard InChI is InChI=1S/C23H25FN4O4S/c1-27-20-18(22(30)28(2)23(27)31)21(26-19(25-20)14-4-8-15(24)9-5-14)33-12-17(29)13-6-10-16(32-3)11-7-13/h4-11,18-21,25-26H,12H2,1-3H3. The number of carbonyl (C=O) groups is 3. The molecule has 2 fully saturated rings. The zero-order valence-corrected chi connectivity index (χ0v) is 19.3. The van der Waals surface area contributed by atoms with Crippen molar-refractivity contribution in [2.75, 3.05) is 27.0 Å². The molecule has 2 aromatic carbocycles. The van der Waals surface area contributed by atoms with Crippen LogP contribution < -0.4 is 15.4 Å². The molecule has 3 amide bonds. The molecule has 4 rings (SSSR count). The summed E-state index contributed by atoms with van der Waals surface area (Å²) >= 11 is 1.32. The van der Waals surface area contributed by atoms with E-state index in [-0.39, 0.29) is 23.3 Å². The topological polar surface area (TPSA) is 91.0 Å². The molecular formula is C23H25FN4O4S. The van der Waals surface area contributed by atoms with Crippen LogP contribution >= 0.6 is 11.8 Å². The third-order valence-corrected chi connectivity index (χ3v) is 7.18. The van der Waals surface area contributed by atoms with Crippen molar-refractivity contribution in [2.24, 2.45) is 5.92 Å². The molecular weight excluding hydrogens is 447 g/mol. The molecule has 10 heteroatoms. The van der Waals surface area contributed by atoms with Crippen molar-refractivity contribution in [3.05, 3.63) is 65.5 Å². The van der Waals surface area contributed by atoms with Gasteiger partial charge >= 0.3 is 6.03 Å². The van der Waals surface area contributed by atoms with E-state index in [4.69, 9.17) is 4.74 Å². The van der Waals surface area contributed by atoms with Gasteiger partial charge in [-0.2, -0.15) is 0 Å². The number of rotatable bonds is 6. The summed E-state index contributed by atoms with van der Waals surface area (Å²) in [5.74, 6) is -0.576. The van der Waals surface area contributed by atoms with E-state index >= 15 is 0 Å². The SMILES string of the molecule is COc1ccc(C(=O)CSC2NC(c3ccc(F)cc3)NC3C2C(=O)N(C)C(=O)N3C)cc1. The number of ketones is 1. The molecule has 2 aromatic rings. The van der Waals surface area contributed by atoms with Crippen molar-refractivity contribution in [3.8, 4) is 5.75 Å². The van der Waals surface area contributed by atoms with Crippen LogP contribution in [0.2, 0.25) is 0 Å². The molecule has 4 atom stereocenters. The van der Waals surface area contributed by atoms with Crippen molar-refractivity contribution >= 4 is 29.5 Å². The Balaban J connectivity index is 1.56. The molecule has 2 saturated heterocycles. The Labute approximate surface area is 195 Å². The van der Waals surface area contributed by atoms with Crippen LogP contribution in [0.15, 0.2) is 48.5 Å². The normalized spacial score (nSPS) is 25.1. The van der Waals surface area contributed by atoms with Crippen molar-refractivity contribution in [3.63, 3.8) is 0 Å². The lowest BCUT2D eigenvalue weighted by Crippen LogP contribution is -2.72. The van der Waals surface area contributed by atoms with Gasteiger partial charge in [0.15, 0.2) is 5.78 Å². The van der Waals surface area contributed by atoms with Crippen LogP contribution in [0.3, 0.4) is 0 Å². The molecule has 8 nitrogen and oxygen atoms in total. The second kappa shape index (κ2) is 9.50. The number of fused-ring (bicyclic) bond motifs is 1. The Morgan fingerprint density at radius 1 is 1.06 bits per heavy atom. The van der Waals surface area contributed by atoms with Gasteiger partial charge < -0.3 is 9.64 Å². The van der Waals surface area contributed by atoms with E-state index in [0.717, 1.165) is 10.5 Å². The number of carbonyl (C=O) groups excluding carboxylic acids is 3. The van der Waals surface area contributed by atoms with Gasteiger partial charge in [-0.05, 0) is 42.0 Å². The number of methoxy groups -OCH3 is 1. The van der Waals surface area contributed by atoms with Crippen LogP contribution in [0, 0.1) is 11.7 Å². The Morgan fingerprint density at radius 2 is 1.73 bits per heavy atom. The molecule has 2 N–H and O–H groups in total. The average molecular weight is 473 g/mol. The summed E-state index contributed by atoms with van der Waals surface area (Å²) in [6.07, 6.45) is -1.02. The Morgan fingerprint density at radius 3 is 2.36 bits per heavy atom. The predicted octanol–water partition coefficient (Wildman–Crippen LogP) is 2.43. The van der Waals surface area contributed by atoms with E-state index in [2.05, 4.69) is 10.6 Å². The highest BCUT2D eigenvalue weighted by atomic mass is 32.2. The molecule has 0 saturated carbocycles. The van der Waals surface area contributed by atoms with Crippen LogP contribution in [-0.4, -0.2) is 66.0 Å². The summed E-state index contributed by atoms with van der Waals surface area (Å²) in [7, 11) is 4.64. The van der Waals surface area contributed by atoms with Gasteiger partial charge in [-0.15, -0.1) is 11.8 Å². The van der Waals surface area contributed by atoms with Crippen LogP contribution in [-0.2, 0) is 4.79 Å². The summed E-state index contributed by atoms with van der Waals surface area (Å²) in [5, 5.41) is 6.21. The number of Topliss-reactive ketones (excluding diaryl/α,β-unsaturated/α-hetero) is 1. The summed E-state index contributed by atoms with van der Waals surface area (Å²) in [5.41, 5.74) is 1.30. The summed E-state index contributed by atoms with van der Waals surface area (Å²) in [4.78, 5) is 41.0. The molecule has 174 valence electrons. The first-order valence-corrected chi connectivity index (χ1v) is 11.5. The Hall–Kier alpha value is -2.95. The van der Waals surface area contributed by atoms with Gasteiger partial charge in [-0.1, -0.05) is 12.1 Å². The number of imide groups is 1. The van der Waals surface area contributed by atoms with Gasteiger partial charge in [0.25, 0.3) is 0 Å². The fourth-order valence-corrected chi connectivity index (χ4v) is 5.27. The molecule has 0 spiro atoms. The largest absolute Gasteiger partial charge is 0.497 e. The van der Waals surface area contributed by atoms with E-state index in [9.17, 15) is 18.8 Å². The molecule has 0 aromatic heterocycles. The number of halogens is 1. The lowest BCUT2D eigenvalue weighted by atomic mass is 9.96. The van der Waals surface area contributed by atoms with Crippen LogP contribution in [0.5, 0.6) is 5.75 Å². The number of ether oxygens (including phenoxy) is 1. The fraction of sp³-hybridized carbons (Fsp3) is 0.348. The summed E-state index contributed by atoms with van der Waals surface area (Å²) in [6.45, 7) is 0. The monoisotopic (exact) mass is 472 g/mol. The first-order chi connectivity index (χ1) is 15.8. The molecule has 4 unspecified atom stereocenters. The van der Waals surface area contributed by atoms with Crippen molar-refractivity contribution in [1.29, 1.82) is 0 Å². The highest BCUT2D eigenvalue weighted by molar-refractivity contribution is 8.00. The number of nitrogens with one attached hydrogen (secondary N) is 2. The molecule has 0 aliphatic carbocycles. The number of hydrogen-bond acceptors (Lipinski definition) is 7. The number of urea groups is 1. The summed E-state index contributed by atoms with van der Waals surface area (Å²) < 4.78 is 18.6. The predicted molar refractivity (Wildman–Crippen MR) is 122 cm³/mol. The molecule has 2 aliphatic heterocycles. The molecule has 2 aliphatic rings. The smallest absolute Gasteiger partial charge is 0.327 e. The highest BCUT2D eigenvalue weighted by Crippen LogP contribution is 2.34. The van der Waals surface area contributed by atoms with Gasteiger partial charge in [0.05, 0.1) is 36.5 Å². The van der Waals surface area contributed by atoms with E-state index < -0.39 is 29.7 Å². The second-order valence-electron chi connectivity index (χ2n) is 7.96. The van der Waals surface area contributed by atoms with E-state index in [1.165, 1.54) is 35.8 Å². The number of hydrogen-bond donors (Lipinski definition) is 2. The van der Waals surface area contributed by atoms with Gasteiger partial charge in [0.2, 0.25) is 5.91 Å². The quantitative estimate of drug-likeness (QED) is 0.624. The minimum atomic E-state index is -0.608. The van der Waals surface area contributed by atoms with Crippen LogP contribution in [0.25, 0.3) is 0 Å². The van der Waals surface area contributed by atoms with E-state index in [0.29, 0.717) is 11.3 Å². The Kier molecular flexibility index (Phi) is 6.68. The van der Waals surface area contributed by atoms with Crippen LogP contribution in [0.1, 0.15) is 22.1 Å². The number of nitrogens with zero attached hydrogens (tertiary/aromatic N) is 2. The maximum absolute atomic E-state index is 13.4. The van der Waals surface area contributed by atoms with Crippen molar-refractivity contribution in [1.82, 2.24) is 20.4 Å². The van der Waals surface area contributed by atoms with Gasteiger partial charge in [0, 0.05) is 19.7 Å². The molecule has 0 bridgehead atoms. The maximum Gasteiger partial charge on any atom is 0.327 e. The first-order valence-electron chi connectivity index (χ1n) is 10.4. The maximum atomic E-state index is 13.4. The molecule has 0 radical (unpaired) electrons. The Bertz CT molecular complexity index is 1050. The third-order valence-electron chi connectivity index (χ3n) is 5.97. The van der Waals surface area contributed by atoms with E-state index in [1.54, 1.807) is 50.6 Å². The molecule has 33 heavy (non-hydrogen) atoms. The minimum absolute atomic E-state index is 0.0843. The van der Waals surface area contributed by atoms with Gasteiger partial charge in [-0.25, -0.2) is 9.18 Å². The average Bonchev–Trinajstić information content (AvgIpc) is 2.84. The van der Waals surface area contributed by atoms with Gasteiger partial charge in [-0.3, -0.25) is 25.1 Å². The zero-order valence-electron chi connectivity index (χ0n) is 18.4. The van der Waals surface area contributed by atoms with Crippen molar-refractivity contribution < 1.29 is 23.5 Å². The van der Waals surface area contributed by atoms with Gasteiger partial charge in [0.1, 0.15) is 11.6 Å². The zero-order chi connectivity index (χ0) is 23.7. The van der Waals surface area contributed by atoms with E-state index in [1.807, 2.05) is 0 Å². The van der Waals surface area contributed by atoms with Crippen molar-refractivity contribution in [2.45, 2.75) is 17.7 Å². The number of amides is 3. The summed E-state index contributed by atoms with van der Waals surface area (Å²) in [6, 6.07) is 12.4. The lowest BCUT2D eigenvalue weighted by molar-refractivity contribution is -0.140.